The fraction of sp³-hybridized carbons (Fsp3) is 0.0909. The van der Waals surface area contributed by atoms with E-state index in [2.05, 4.69) is 135 Å². The second kappa shape index (κ2) is 7.60. The van der Waals surface area contributed by atoms with Crippen LogP contribution in [0.25, 0.3) is 22.3 Å². The van der Waals surface area contributed by atoms with Gasteiger partial charge in [0.15, 0.2) is 0 Å². The van der Waals surface area contributed by atoms with Gasteiger partial charge >= 0.3 is 0 Å². The zero-order valence-electron chi connectivity index (χ0n) is 19.0. The molecule has 0 unspecified atom stereocenters. The second-order valence-electron chi connectivity index (χ2n) is 9.13. The predicted octanol–water partition coefficient (Wildman–Crippen LogP) is 8.33. The van der Waals surface area contributed by atoms with Gasteiger partial charge in [-0.1, -0.05) is 132 Å². The van der Waals surface area contributed by atoms with Crippen molar-refractivity contribution in [3.8, 4) is 22.3 Å². The molecule has 0 nitrogen and oxygen atoms in total. The highest BCUT2D eigenvalue weighted by atomic mass is 14.5. The van der Waals surface area contributed by atoms with Gasteiger partial charge in [0.25, 0.3) is 0 Å². The number of aryl methyl sites for hydroxylation is 2. The third-order valence-electron chi connectivity index (χ3n) is 7.08. The van der Waals surface area contributed by atoms with E-state index in [4.69, 9.17) is 0 Å². The number of hydrogen-bond donors (Lipinski definition) is 0. The minimum Gasteiger partial charge on any atom is -0.0622 e. The van der Waals surface area contributed by atoms with Crippen LogP contribution in [-0.4, -0.2) is 0 Å². The van der Waals surface area contributed by atoms with Gasteiger partial charge in [0, 0.05) is 0 Å². The van der Waals surface area contributed by atoms with E-state index in [0.29, 0.717) is 0 Å². The van der Waals surface area contributed by atoms with Gasteiger partial charge in [0.2, 0.25) is 0 Å². The third kappa shape index (κ3) is 2.91. The van der Waals surface area contributed by atoms with Gasteiger partial charge in [-0.25, -0.2) is 0 Å². The highest BCUT2D eigenvalue weighted by molar-refractivity contribution is 5.92. The standard InChI is InChI=1S/C33H26/c1-23-16-19-25(20-17-23)28-14-9-15-29-30-22-24(2)18-21-31(30)33(32(28)29,26-10-5-3-6-11-26)27-12-7-4-8-13-27/h3-22H,1-2H3. The molecule has 5 aromatic carbocycles. The number of fused-ring (bicyclic) bond motifs is 3. The Kier molecular flexibility index (Phi) is 4.55. The summed E-state index contributed by atoms with van der Waals surface area (Å²) in [5.41, 5.74) is 12.8. The highest BCUT2D eigenvalue weighted by Gasteiger charge is 2.47. The normalized spacial score (nSPS) is 13.4. The van der Waals surface area contributed by atoms with E-state index in [1.807, 2.05) is 0 Å². The van der Waals surface area contributed by atoms with Gasteiger partial charge in [0.05, 0.1) is 5.41 Å². The molecule has 0 fully saturated rings. The maximum atomic E-state index is 2.36. The summed E-state index contributed by atoms with van der Waals surface area (Å²) in [4.78, 5) is 0. The molecule has 158 valence electrons. The molecule has 0 aliphatic heterocycles. The van der Waals surface area contributed by atoms with E-state index >= 15 is 0 Å². The monoisotopic (exact) mass is 422 g/mol. The predicted molar refractivity (Wildman–Crippen MR) is 139 cm³/mol. The minimum absolute atomic E-state index is 0.373. The summed E-state index contributed by atoms with van der Waals surface area (Å²) in [5.74, 6) is 0. The zero-order chi connectivity index (χ0) is 22.4. The molecule has 0 spiro atoms. The van der Waals surface area contributed by atoms with Crippen molar-refractivity contribution < 1.29 is 0 Å². The summed E-state index contributed by atoms with van der Waals surface area (Å²) in [6.07, 6.45) is 0. The summed E-state index contributed by atoms with van der Waals surface area (Å²) in [6.45, 7) is 4.34. The first-order chi connectivity index (χ1) is 16.2. The van der Waals surface area contributed by atoms with E-state index in [9.17, 15) is 0 Å². The summed E-state index contributed by atoms with van der Waals surface area (Å²) >= 11 is 0. The zero-order valence-corrected chi connectivity index (χ0v) is 19.0. The van der Waals surface area contributed by atoms with Gasteiger partial charge in [-0.05, 0) is 58.4 Å². The van der Waals surface area contributed by atoms with Crippen LogP contribution in [0.15, 0.2) is 121 Å². The van der Waals surface area contributed by atoms with Crippen LogP contribution in [0.3, 0.4) is 0 Å². The molecule has 0 saturated carbocycles. The van der Waals surface area contributed by atoms with Crippen molar-refractivity contribution in [2.24, 2.45) is 0 Å². The van der Waals surface area contributed by atoms with Crippen LogP contribution in [0.1, 0.15) is 33.4 Å². The maximum absolute atomic E-state index is 2.36. The molecule has 0 N–H and O–H groups in total. The first-order valence-electron chi connectivity index (χ1n) is 11.6. The quantitative estimate of drug-likeness (QED) is 0.269. The summed E-state index contributed by atoms with van der Waals surface area (Å²) < 4.78 is 0. The Morgan fingerprint density at radius 1 is 0.455 bits per heavy atom. The van der Waals surface area contributed by atoms with E-state index in [1.54, 1.807) is 0 Å². The van der Waals surface area contributed by atoms with Crippen LogP contribution in [0.5, 0.6) is 0 Å². The van der Waals surface area contributed by atoms with Crippen LogP contribution in [0, 0.1) is 13.8 Å². The van der Waals surface area contributed by atoms with E-state index < -0.39 is 0 Å². The first-order valence-corrected chi connectivity index (χ1v) is 11.6. The summed E-state index contributed by atoms with van der Waals surface area (Å²) in [5, 5.41) is 0. The Bertz CT molecular complexity index is 1400. The molecule has 0 amide bonds. The van der Waals surface area contributed by atoms with Gasteiger partial charge in [-0.2, -0.15) is 0 Å². The Morgan fingerprint density at radius 2 is 1.03 bits per heavy atom. The van der Waals surface area contributed by atoms with Crippen LogP contribution >= 0.6 is 0 Å². The minimum atomic E-state index is -0.373. The first kappa shape index (κ1) is 19.8. The lowest BCUT2D eigenvalue weighted by Gasteiger charge is -2.35. The molecule has 0 bridgehead atoms. The summed E-state index contributed by atoms with van der Waals surface area (Å²) in [6, 6.07) is 44.8. The van der Waals surface area contributed by atoms with Crippen molar-refractivity contribution in [2.45, 2.75) is 19.3 Å². The number of hydrogen-bond acceptors (Lipinski definition) is 0. The van der Waals surface area contributed by atoms with Gasteiger partial charge in [0.1, 0.15) is 0 Å². The molecule has 0 heterocycles. The molecule has 33 heavy (non-hydrogen) atoms. The van der Waals surface area contributed by atoms with Crippen molar-refractivity contribution in [3.05, 3.63) is 155 Å². The average molecular weight is 423 g/mol. The van der Waals surface area contributed by atoms with E-state index in [1.165, 1.54) is 55.6 Å². The molecule has 0 heteroatoms. The Balaban J connectivity index is 1.81. The lowest BCUT2D eigenvalue weighted by molar-refractivity contribution is 0.770. The SMILES string of the molecule is Cc1ccc(-c2cccc3c2C(c2ccccc2)(c2ccccc2)c2ccc(C)cc2-3)cc1. The second-order valence-corrected chi connectivity index (χ2v) is 9.13. The lowest BCUT2D eigenvalue weighted by atomic mass is 9.66. The molecule has 6 rings (SSSR count). The van der Waals surface area contributed by atoms with E-state index in [-0.39, 0.29) is 5.41 Å². The Hall–Kier alpha value is -3.90. The topological polar surface area (TPSA) is 0 Å². The third-order valence-corrected chi connectivity index (χ3v) is 7.08. The molecule has 0 aromatic heterocycles. The highest BCUT2D eigenvalue weighted by Crippen LogP contribution is 2.58. The smallest absolute Gasteiger partial charge is 0.0622 e. The van der Waals surface area contributed by atoms with Gasteiger partial charge < -0.3 is 0 Å². The molecule has 1 aliphatic carbocycles. The largest absolute Gasteiger partial charge is 0.0719 e. The number of rotatable bonds is 3. The van der Waals surface area contributed by atoms with Gasteiger partial charge in [-0.15, -0.1) is 0 Å². The summed E-state index contributed by atoms with van der Waals surface area (Å²) in [7, 11) is 0. The van der Waals surface area contributed by atoms with Crippen molar-refractivity contribution >= 4 is 0 Å². The Morgan fingerprint density at radius 3 is 1.67 bits per heavy atom. The molecule has 1 aliphatic rings. The Labute approximate surface area is 196 Å². The fourth-order valence-electron chi connectivity index (χ4n) is 5.64. The van der Waals surface area contributed by atoms with Crippen molar-refractivity contribution in [1.29, 1.82) is 0 Å². The van der Waals surface area contributed by atoms with E-state index in [0.717, 1.165) is 0 Å². The van der Waals surface area contributed by atoms with Crippen molar-refractivity contribution in [1.82, 2.24) is 0 Å². The lowest BCUT2D eigenvalue weighted by Crippen LogP contribution is -2.29. The van der Waals surface area contributed by atoms with Crippen molar-refractivity contribution in [3.63, 3.8) is 0 Å². The van der Waals surface area contributed by atoms with Gasteiger partial charge in [-0.3, -0.25) is 0 Å². The maximum Gasteiger partial charge on any atom is 0.0719 e. The molecule has 0 saturated heterocycles. The van der Waals surface area contributed by atoms with Crippen LogP contribution < -0.4 is 0 Å². The van der Waals surface area contributed by atoms with Crippen LogP contribution in [0.2, 0.25) is 0 Å². The molecule has 0 atom stereocenters. The fourth-order valence-corrected chi connectivity index (χ4v) is 5.64. The van der Waals surface area contributed by atoms with Crippen LogP contribution in [0.4, 0.5) is 0 Å². The van der Waals surface area contributed by atoms with Crippen molar-refractivity contribution in [2.75, 3.05) is 0 Å². The molecular formula is C33H26. The molecular weight excluding hydrogens is 396 g/mol. The average Bonchev–Trinajstić information content (AvgIpc) is 3.16. The van der Waals surface area contributed by atoms with Crippen LogP contribution in [-0.2, 0) is 5.41 Å². The molecule has 5 aromatic rings. The molecule has 0 radical (unpaired) electrons. The number of benzene rings is 5.